The Kier molecular flexibility index (Phi) is 3.72. The Bertz CT molecular complexity index is 658. The summed E-state index contributed by atoms with van der Waals surface area (Å²) in [6.07, 6.45) is 5.98. The number of hydrogen-bond acceptors (Lipinski definition) is 4. The Morgan fingerprint density at radius 2 is 1.50 bits per heavy atom. The summed E-state index contributed by atoms with van der Waals surface area (Å²) >= 11 is 0. The third-order valence-corrected chi connectivity index (χ3v) is 6.35. The molecule has 5 aliphatic rings. The molecule has 0 aromatic rings. The molecule has 0 atom stereocenters. The van der Waals surface area contributed by atoms with Gasteiger partial charge in [0.1, 0.15) is 6.54 Å². The van der Waals surface area contributed by atoms with Crippen molar-refractivity contribution in [1.82, 2.24) is 15.1 Å². The highest BCUT2D eigenvalue weighted by molar-refractivity contribution is 6.45. The Morgan fingerprint density at radius 3 is 1.96 bits per heavy atom. The average Bonchev–Trinajstić information content (AvgIpc) is 2.68. The first-order valence-corrected chi connectivity index (χ1v) is 9.59. The molecule has 7 heteroatoms. The van der Waals surface area contributed by atoms with Crippen LogP contribution in [0.3, 0.4) is 0 Å². The summed E-state index contributed by atoms with van der Waals surface area (Å²) in [5, 5.41) is 2.74. The largest absolute Gasteiger partial charge is 0.350 e. The third kappa shape index (κ3) is 2.72. The number of imide groups is 2. The van der Waals surface area contributed by atoms with Gasteiger partial charge in [-0.2, -0.15) is 0 Å². The molecule has 0 spiro atoms. The first kappa shape index (κ1) is 17.5. The van der Waals surface area contributed by atoms with Crippen molar-refractivity contribution < 1.29 is 19.2 Å². The number of nitrogens with zero attached hydrogens (tertiary/aromatic N) is 2. The molecule has 4 saturated carbocycles. The lowest BCUT2D eigenvalue weighted by atomic mass is 9.52. The van der Waals surface area contributed by atoms with Crippen LogP contribution in [0, 0.1) is 17.8 Å². The Hall–Kier alpha value is -1.92. The molecule has 0 aromatic heterocycles. The maximum absolute atomic E-state index is 13.0. The number of carbonyl (C=O) groups is 4. The second-order valence-electron chi connectivity index (χ2n) is 9.75. The predicted molar refractivity (Wildman–Crippen MR) is 92.8 cm³/mol. The summed E-state index contributed by atoms with van der Waals surface area (Å²) in [5.74, 6) is -0.393. The quantitative estimate of drug-likeness (QED) is 0.612. The Morgan fingerprint density at radius 1 is 1.00 bits per heavy atom. The zero-order valence-corrected chi connectivity index (χ0v) is 15.7. The minimum atomic E-state index is -0.866. The van der Waals surface area contributed by atoms with Crippen LogP contribution < -0.4 is 5.32 Å². The van der Waals surface area contributed by atoms with Gasteiger partial charge in [0.15, 0.2) is 0 Å². The molecule has 5 rings (SSSR count). The van der Waals surface area contributed by atoms with E-state index in [2.05, 4.69) is 5.32 Å². The van der Waals surface area contributed by atoms with Gasteiger partial charge in [-0.05, 0) is 77.0 Å². The predicted octanol–water partition coefficient (Wildman–Crippen LogP) is 1.66. The van der Waals surface area contributed by atoms with Crippen LogP contribution in [0.25, 0.3) is 0 Å². The van der Waals surface area contributed by atoms with Crippen molar-refractivity contribution in [3.05, 3.63) is 0 Å². The van der Waals surface area contributed by atoms with Crippen LogP contribution in [0.2, 0.25) is 0 Å². The molecule has 1 saturated heterocycles. The van der Waals surface area contributed by atoms with E-state index < -0.39 is 41.4 Å². The molecule has 26 heavy (non-hydrogen) atoms. The van der Waals surface area contributed by atoms with Crippen molar-refractivity contribution in [3.63, 3.8) is 0 Å². The molecule has 142 valence electrons. The molecular weight excluding hydrogens is 334 g/mol. The molecule has 1 N–H and O–H groups in total. The fourth-order valence-corrected chi connectivity index (χ4v) is 6.00. The molecule has 1 heterocycles. The average molecular weight is 361 g/mol. The van der Waals surface area contributed by atoms with E-state index >= 15 is 0 Å². The van der Waals surface area contributed by atoms with Gasteiger partial charge in [-0.3, -0.25) is 14.4 Å². The number of urea groups is 1. The summed E-state index contributed by atoms with van der Waals surface area (Å²) in [7, 11) is 0. The van der Waals surface area contributed by atoms with E-state index in [9.17, 15) is 19.2 Å². The van der Waals surface area contributed by atoms with Crippen molar-refractivity contribution in [2.75, 3.05) is 6.54 Å². The van der Waals surface area contributed by atoms with Crippen LogP contribution >= 0.6 is 0 Å². The third-order valence-electron chi connectivity index (χ3n) is 6.35. The van der Waals surface area contributed by atoms with E-state index in [1.807, 2.05) is 20.8 Å². The van der Waals surface area contributed by atoms with E-state index in [1.165, 1.54) is 24.2 Å². The summed E-state index contributed by atoms with van der Waals surface area (Å²) in [6.45, 7) is 5.08. The van der Waals surface area contributed by atoms with Crippen LogP contribution in [0.4, 0.5) is 4.79 Å². The molecule has 7 nitrogen and oxygen atoms in total. The second-order valence-corrected chi connectivity index (χ2v) is 9.75. The first-order valence-electron chi connectivity index (χ1n) is 9.59. The van der Waals surface area contributed by atoms with Crippen LogP contribution in [-0.4, -0.2) is 51.2 Å². The van der Waals surface area contributed by atoms with Gasteiger partial charge in [-0.25, -0.2) is 14.6 Å². The van der Waals surface area contributed by atoms with E-state index in [-0.39, 0.29) is 0 Å². The van der Waals surface area contributed by atoms with E-state index in [0.29, 0.717) is 17.8 Å². The van der Waals surface area contributed by atoms with Crippen molar-refractivity contribution in [1.29, 1.82) is 0 Å². The molecule has 0 unspecified atom stereocenters. The van der Waals surface area contributed by atoms with Crippen LogP contribution in [0.5, 0.6) is 0 Å². The minimum absolute atomic E-state index is 0.399. The zero-order chi connectivity index (χ0) is 18.9. The van der Waals surface area contributed by atoms with Crippen molar-refractivity contribution in [2.45, 2.75) is 70.4 Å². The second kappa shape index (κ2) is 5.54. The molecule has 5 amide bonds. The van der Waals surface area contributed by atoms with Gasteiger partial charge in [0, 0.05) is 5.54 Å². The topological polar surface area (TPSA) is 86.8 Å². The number of carbonyl (C=O) groups excluding carboxylic acids is 4. The van der Waals surface area contributed by atoms with Crippen LogP contribution in [0.15, 0.2) is 0 Å². The minimum Gasteiger partial charge on any atom is -0.350 e. The fourth-order valence-electron chi connectivity index (χ4n) is 6.00. The van der Waals surface area contributed by atoms with Gasteiger partial charge in [-0.1, -0.05) is 0 Å². The number of rotatable bonds is 3. The molecule has 0 aromatic carbocycles. The highest BCUT2D eigenvalue weighted by Gasteiger charge is 2.61. The summed E-state index contributed by atoms with van der Waals surface area (Å²) in [5.41, 5.74) is -0.972. The smallest absolute Gasteiger partial charge is 0.335 e. The monoisotopic (exact) mass is 361 g/mol. The Labute approximate surface area is 153 Å². The van der Waals surface area contributed by atoms with Crippen LogP contribution in [0.1, 0.15) is 59.3 Å². The van der Waals surface area contributed by atoms with Gasteiger partial charge in [0.05, 0.1) is 5.54 Å². The molecule has 4 aliphatic carbocycles. The first-order chi connectivity index (χ1) is 12.1. The Balaban J connectivity index is 1.55. The van der Waals surface area contributed by atoms with E-state index in [4.69, 9.17) is 0 Å². The summed E-state index contributed by atoms with van der Waals surface area (Å²) < 4.78 is 0. The highest BCUT2D eigenvalue weighted by atomic mass is 16.2. The van der Waals surface area contributed by atoms with Gasteiger partial charge in [-0.15, -0.1) is 0 Å². The number of amides is 5. The molecule has 4 bridgehead atoms. The van der Waals surface area contributed by atoms with Gasteiger partial charge < -0.3 is 5.32 Å². The molecule has 1 aliphatic heterocycles. The maximum atomic E-state index is 13.0. The highest BCUT2D eigenvalue weighted by Crippen LogP contribution is 2.58. The zero-order valence-electron chi connectivity index (χ0n) is 15.7. The number of nitrogens with one attached hydrogen (secondary N) is 1. The lowest BCUT2D eigenvalue weighted by Crippen LogP contribution is -2.62. The fraction of sp³-hybridized carbons (Fsp3) is 0.789. The SMILES string of the molecule is CC(C)(C)NC(=O)CN1C(=O)C(=O)N(C23CC4CC(CC(C4)C2)C3)C1=O. The van der Waals surface area contributed by atoms with Gasteiger partial charge >= 0.3 is 17.8 Å². The van der Waals surface area contributed by atoms with Crippen molar-refractivity contribution in [2.24, 2.45) is 17.8 Å². The summed E-state index contributed by atoms with van der Waals surface area (Å²) in [4.78, 5) is 52.3. The van der Waals surface area contributed by atoms with E-state index in [1.54, 1.807) is 0 Å². The summed E-state index contributed by atoms with van der Waals surface area (Å²) in [6, 6.07) is -0.606. The molecular formula is C19H27N3O4. The standard InChI is InChI=1S/C19H27N3O4/c1-18(2,3)20-14(23)10-21-15(24)16(25)22(17(21)26)19-7-11-4-12(8-19)6-13(5-11)9-19/h11-13H,4-10H2,1-3H3,(H,20,23). The van der Waals surface area contributed by atoms with E-state index in [0.717, 1.165) is 24.2 Å². The van der Waals surface area contributed by atoms with Crippen molar-refractivity contribution >= 4 is 23.8 Å². The van der Waals surface area contributed by atoms with Gasteiger partial charge in [0.25, 0.3) is 0 Å². The normalized spacial score (nSPS) is 36.3. The van der Waals surface area contributed by atoms with Crippen molar-refractivity contribution in [3.8, 4) is 0 Å². The lowest BCUT2D eigenvalue weighted by molar-refractivity contribution is -0.150. The van der Waals surface area contributed by atoms with Gasteiger partial charge in [0.2, 0.25) is 5.91 Å². The molecule has 5 fully saturated rings. The van der Waals surface area contributed by atoms with Crippen LogP contribution in [-0.2, 0) is 14.4 Å². The molecule has 0 radical (unpaired) electrons. The maximum Gasteiger partial charge on any atom is 0.335 e. The lowest BCUT2D eigenvalue weighted by Gasteiger charge is -2.58. The number of hydrogen-bond donors (Lipinski definition) is 1.